The lowest BCUT2D eigenvalue weighted by atomic mass is 9.92. The van der Waals surface area contributed by atoms with Crippen LogP contribution in [0.1, 0.15) is 25.3 Å². The molecule has 164 valence electrons. The summed E-state index contributed by atoms with van der Waals surface area (Å²) in [6.45, 7) is 0.977. The average molecular weight is 431 g/mol. The van der Waals surface area contributed by atoms with Gasteiger partial charge in [0, 0.05) is 13.0 Å². The monoisotopic (exact) mass is 431 g/mol. The fourth-order valence-corrected chi connectivity index (χ4v) is 2.79. The minimum absolute atomic E-state index is 0.103. The highest BCUT2D eigenvalue weighted by Crippen LogP contribution is 2.31. The number of imide groups is 1. The predicted octanol–water partition coefficient (Wildman–Crippen LogP) is 1.42. The highest BCUT2D eigenvalue weighted by Gasteiger charge is 2.49. The van der Waals surface area contributed by atoms with Crippen LogP contribution in [0.3, 0.4) is 0 Å². The second-order valence-corrected chi connectivity index (χ2v) is 6.55. The number of carbonyl (C=O) groups is 4. The Bertz CT molecular complexity index is 827. The third-order valence-corrected chi connectivity index (χ3v) is 4.35. The van der Waals surface area contributed by atoms with Crippen LogP contribution < -0.4 is 15.4 Å². The third-order valence-electron chi connectivity index (χ3n) is 4.35. The van der Waals surface area contributed by atoms with Gasteiger partial charge in [0.1, 0.15) is 17.8 Å². The van der Waals surface area contributed by atoms with Crippen molar-refractivity contribution < 1.29 is 41.8 Å². The molecule has 1 aromatic carbocycles. The molecule has 12 heteroatoms. The molecule has 9 nitrogen and oxygen atoms in total. The minimum Gasteiger partial charge on any atom is -0.469 e. The number of nitrogens with zero attached hydrogens (tertiary/aromatic N) is 1. The number of carbonyl (C=O) groups excluding carboxylic acids is 4. The lowest BCUT2D eigenvalue weighted by molar-refractivity contribution is -0.274. The number of amides is 4. The molecule has 2 N–H and O–H groups in total. The van der Waals surface area contributed by atoms with E-state index in [1.54, 1.807) is 0 Å². The van der Waals surface area contributed by atoms with Crippen molar-refractivity contribution >= 4 is 23.8 Å². The fraction of sp³-hybridized carbons (Fsp3) is 0.444. The summed E-state index contributed by atoms with van der Waals surface area (Å²) in [6.07, 6.45) is -4.43. The molecule has 1 aliphatic heterocycles. The molecule has 4 amide bonds. The number of rotatable bonds is 8. The maximum absolute atomic E-state index is 12.7. The molecule has 0 bridgehead atoms. The number of alkyl halides is 3. The van der Waals surface area contributed by atoms with Crippen LogP contribution in [0.2, 0.25) is 0 Å². The number of ether oxygens (including phenoxy) is 2. The number of hydrogen-bond acceptors (Lipinski definition) is 6. The number of esters is 1. The summed E-state index contributed by atoms with van der Waals surface area (Å²) in [5.41, 5.74) is -1.34. The van der Waals surface area contributed by atoms with Gasteiger partial charge in [-0.2, -0.15) is 0 Å². The Morgan fingerprint density at radius 1 is 1.20 bits per heavy atom. The third kappa shape index (κ3) is 5.61. The zero-order valence-corrected chi connectivity index (χ0v) is 16.2. The number of hydrogen-bond donors (Lipinski definition) is 2. The summed E-state index contributed by atoms with van der Waals surface area (Å²) in [7, 11) is 1.24. The van der Waals surface area contributed by atoms with E-state index in [1.165, 1.54) is 26.2 Å². The molecule has 2 rings (SSSR count). The second kappa shape index (κ2) is 9.01. The van der Waals surface area contributed by atoms with E-state index in [2.05, 4.69) is 20.1 Å². The topological polar surface area (TPSA) is 114 Å². The molecular weight excluding hydrogens is 411 g/mol. The molecule has 0 aromatic heterocycles. The minimum atomic E-state index is -4.86. The summed E-state index contributed by atoms with van der Waals surface area (Å²) in [5.74, 6) is -2.25. The SMILES string of the molecule is COC(=O)CCCNC(=O)CN1C(=O)NC(C)(c2ccc(OC(F)(F)F)cc2)C1=O. The molecule has 1 atom stereocenters. The Labute approximate surface area is 169 Å². The van der Waals surface area contributed by atoms with Gasteiger partial charge in [-0.25, -0.2) is 4.79 Å². The van der Waals surface area contributed by atoms with Gasteiger partial charge in [0.05, 0.1) is 7.11 Å². The molecule has 1 unspecified atom stereocenters. The van der Waals surface area contributed by atoms with E-state index in [9.17, 15) is 32.3 Å². The molecule has 1 aliphatic rings. The number of benzene rings is 1. The van der Waals surface area contributed by atoms with Gasteiger partial charge in [-0.1, -0.05) is 12.1 Å². The van der Waals surface area contributed by atoms with Gasteiger partial charge in [-0.05, 0) is 31.0 Å². The van der Waals surface area contributed by atoms with Crippen LogP contribution in [0.15, 0.2) is 24.3 Å². The Morgan fingerprint density at radius 2 is 1.83 bits per heavy atom. The number of halogens is 3. The molecule has 30 heavy (non-hydrogen) atoms. The molecule has 1 saturated heterocycles. The van der Waals surface area contributed by atoms with Crippen molar-refractivity contribution in [2.24, 2.45) is 0 Å². The van der Waals surface area contributed by atoms with E-state index >= 15 is 0 Å². The quantitative estimate of drug-likeness (QED) is 0.366. The molecule has 0 spiro atoms. The first-order valence-electron chi connectivity index (χ1n) is 8.80. The smallest absolute Gasteiger partial charge is 0.469 e. The molecule has 1 aromatic rings. The first kappa shape index (κ1) is 23.0. The van der Waals surface area contributed by atoms with E-state index in [0.717, 1.165) is 12.1 Å². The van der Waals surface area contributed by atoms with Gasteiger partial charge in [0.2, 0.25) is 5.91 Å². The molecule has 0 aliphatic carbocycles. The van der Waals surface area contributed by atoms with Crippen molar-refractivity contribution in [3.8, 4) is 5.75 Å². The van der Waals surface area contributed by atoms with E-state index in [4.69, 9.17) is 0 Å². The normalized spacial score (nSPS) is 18.8. The average Bonchev–Trinajstić information content (AvgIpc) is 2.88. The predicted molar refractivity (Wildman–Crippen MR) is 95.0 cm³/mol. The van der Waals surface area contributed by atoms with Crippen molar-refractivity contribution in [2.45, 2.75) is 31.7 Å². The largest absolute Gasteiger partial charge is 0.573 e. The standard InChI is InChI=1S/C18H20F3N3O6/c1-17(11-5-7-12(8-6-11)30-18(19,20)21)15(27)24(16(28)23-17)10-13(25)22-9-3-4-14(26)29-2/h5-8H,3-4,9-10H2,1-2H3,(H,22,25)(H,23,28). The van der Waals surface area contributed by atoms with Crippen LogP contribution in [0, 0.1) is 0 Å². The lowest BCUT2D eigenvalue weighted by Gasteiger charge is -2.22. The fourth-order valence-electron chi connectivity index (χ4n) is 2.79. The molecule has 1 fully saturated rings. The number of urea groups is 1. The van der Waals surface area contributed by atoms with Crippen molar-refractivity contribution in [3.63, 3.8) is 0 Å². The highest BCUT2D eigenvalue weighted by molar-refractivity contribution is 6.09. The van der Waals surface area contributed by atoms with Crippen molar-refractivity contribution in [2.75, 3.05) is 20.2 Å². The summed E-state index contributed by atoms with van der Waals surface area (Å²) in [6, 6.07) is 3.66. The van der Waals surface area contributed by atoms with Crippen molar-refractivity contribution in [3.05, 3.63) is 29.8 Å². The Hall–Kier alpha value is -3.31. The highest BCUT2D eigenvalue weighted by atomic mass is 19.4. The van der Waals surface area contributed by atoms with Gasteiger partial charge in [-0.3, -0.25) is 19.3 Å². The van der Waals surface area contributed by atoms with Gasteiger partial charge in [-0.15, -0.1) is 13.2 Å². The van der Waals surface area contributed by atoms with Crippen LogP contribution in [0.25, 0.3) is 0 Å². The van der Waals surface area contributed by atoms with Gasteiger partial charge in [0.15, 0.2) is 0 Å². The van der Waals surface area contributed by atoms with Crippen LogP contribution in [0.5, 0.6) is 5.75 Å². The van der Waals surface area contributed by atoms with Crippen LogP contribution in [-0.4, -0.2) is 55.3 Å². The molecule has 1 heterocycles. The van der Waals surface area contributed by atoms with E-state index in [1.807, 2.05) is 0 Å². The van der Waals surface area contributed by atoms with Gasteiger partial charge < -0.3 is 20.1 Å². The van der Waals surface area contributed by atoms with E-state index in [0.29, 0.717) is 11.3 Å². The zero-order chi connectivity index (χ0) is 22.5. The second-order valence-electron chi connectivity index (χ2n) is 6.55. The van der Waals surface area contributed by atoms with Crippen molar-refractivity contribution in [1.29, 1.82) is 0 Å². The van der Waals surface area contributed by atoms with Gasteiger partial charge >= 0.3 is 18.4 Å². The molecule has 0 radical (unpaired) electrons. The Balaban J connectivity index is 1.99. The lowest BCUT2D eigenvalue weighted by Crippen LogP contribution is -2.43. The summed E-state index contributed by atoms with van der Waals surface area (Å²) >= 11 is 0. The van der Waals surface area contributed by atoms with Gasteiger partial charge in [0.25, 0.3) is 5.91 Å². The Kier molecular flexibility index (Phi) is 6.90. The Morgan fingerprint density at radius 3 is 2.40 bits per heavy atom. The van der Waals surface area contributed by atoms with Crippen LogP contribution >= 0.6 is 0 Å². The molecule has 0 saturated carbocycles. The summed E-state index contributed by atoms with van der Waals surface area (Å²) in [4.78, 5) is 48.7. The van der Waals surface area contributed by atoms with E-state index in [-0.39, 0.29) is 18.5 Å². The van der Waals surface area contributed by atoms with Crippen molar-refractivity contribution in [1.82, 2.24) is 15.5 Å². The number of methoxy groups -OCH3 is 1. The first-order chi connectivity index (χ1) is 14.0. The summed E-state index contributed by atoms with van der Waals surface area (Å²) in [5, 5.41) is 4.93. The number of nitrogens with one attached hydrogen (secondary N) is 2. The van der Waals surface area contributed by atoms with Crippen LogP contribution in [0.4, 0.5) is 18.0 Å². The van der Waals surface area contributed by atoms with E-state index < -0.39 is 48.0 Å². The maximum Gasteiger partial charge on any atom is 0.573 e. The zero-order valence-electron chi connectivity index (χ0n) is 16.2. The van der Waals surface area contributed by atoms with Crippen LogP contribution in [-0.2, 0) is 24.7 Å². The molecular formula is C18H20F3N3O6. The first-order valence-corrected chi connectivity index (χ1v) is 8.80. The maximum atomic E-state index is 12.7. The summed E-state index contributed by atoms with van der Waals surface area (Å²) < 4.78 is 45.1.